The Bertz CT molecular complexity index is 793. The van der Waals surface area contributed by atoms with Crippen molar-refractivity contribution in [3.05, 3.63) is 72.1 Å². The molecule has 0 aliphatic heterocycles. The van der Waals surface area contributed by atoms with E-state index in [0.717, 1.165) is 17.7 Å². The van der Waals surface area contributed by atoms with Gasteiger partial charge in [0, 0.05) is 0 Å². The van der Waals surface area contributed by atoms with Gasteiger partial charge in [-0.15, -0.1) is 0 Å². The molecule has 0 saturated heterocycles. The van der Waals surface area contributed by atoms with Gasteiger partial charge in [0.1, 0.15) is 12.4 Å². The first kappa shape index (κ1) is 16.9. The van der Waals surface area contributed by atoms with Crippen molar-refractivity contribution in [2.75, 3.05) is 12.4 Å². The van der Waals surface area contributed by atoms with E-state index >= 15 is 0 Å². The number of carbonyl (C=O) groups is 1. The zero-order valence-corrected chi connectivity index (χ0v) is 13.1. The molecule has 0 spiro atoms. The molecule has 0 N–H and O–H groups in total. The van der Waals surface area contributed by atoms with Gasteiger partial charge in [0.05, 0.1) is 16.2 Å². The maximum absolute atomic E-state index is 12.8. The lowest BCUT2D eigenvalue weighted by molar-refractivity contribution is 0.0529. The van der Waals surface area contributed by atoms with Crippen LogP contribution in [0.2, 0.25) is 0 Å². The summed E-state index contributed by atoms with van der Waals surface area (Å²) < 4.78 is 41.8. The molecule has 4 nitrogen and oxygen atoms in total. The van der Waals surface area contributed by atoms with Crippen molar-refractivity contribution >= 4 is 21.9 Å². The minimum Gasteiger partial charge on any atom is -0.461 e. The van der Waals surface area contributed by atoms with Crippen LogP contribution in [0, 0.1) is 5.82 Å². The van der Waals surface area contributed by atoms with E-state index < -0.39 is 21.6 Å². The molecule has 0 saturated carbocycles. The van der Waals surface area contributed by atoms with Crippen LogP contribution < -0.4 is 0 Å². The lowest BCUT2D eigenvalue weighted by Crippen LogP contribution is -2.15. The zero-order valence-electron chi connectivity index (χ0n) is 12.2. The summed E-state index contributed by atoms with van der Waals surface area (Å²) in [5.41, 5.74) is 1.19. The molecule has 2 aromatic rings. The van der Waals surface area contributed by atoms with E-state index in [1.54, 1.807) is 30.3 Å². The summed E-state index contributed by atoms with van der Waals surface area (Å²) in [5, 5.41) is 0. The average molecular weight is 334 g/mol. The normalized spacial score (nSPS) is 11.0. The quantitative estimate of drug-likeness (QED) is 0.602. The molecule has 2 rings (SSSR count). The van der Waals surface area contributed by atoms with Gasteiger partial charge in [-0.25, -0.2) is 17.6 Å². The molecule has 0 bridgehead atoms. The number of benzene rings is 2. The minimum atomic E-state index is -3.62. The highest BCUT2D eigenvalue weighted by molar-refractivity contribution is 7.91. The maximum Gasteiger partial charge on any atom is 0.338 e. The van der Waals surface area contributed by atoms with Crippen molar-refractivity contribution < 1.29 is 22.3 Å². The van der Waals surface area contributed by atoms with Crippen LogP contribution in [-0.4, -0.2) is 26.7 Å². The van der Waals surface area contributed by atoms with E-state index in [2.05, 4.69) is 6.58 Å². The summed E-state index contributed by atoms with van der Waals surface area (Å²) >= 11 is 0. The molecule has 0 amide bonds. The van der Waals surface area contributed by atoms with Crippen molar-refractivity contribution in [2.24, 2.45) is 0 Å². The van der Waals surface area contributed by atoms with Gasteiger partial charge in [-0.05, 0) is 42.0 Å². The maximum atomic E-state index is 12.8. The lowest BCUT2D eigenvalue weighted by Gasteiger charge is -2.06. The Morgan fingerprint density at radius 2 is 1.70 bits per heavy atom. The number of ether oxygens (including phenoxy) is 1. The fourth-order valence-electron chi connectivity index (χ4n) is 1.84. The second-order valence-electron chi connectivity index (χ2n) is 4.73. The molecule has 0 radical (unpaired) electrons. The number of carbonyl (C=O) groups excluding carboxylic acids is 1. The smallest absolute Gasteiger partial charge is 0.338 e. The van der Waals surface area contributed by atoms with E-state index in [-0.39, 0.29) is 17.3 Å². The van der Waals surface area contributed by atoms with Crippen molar-refractivity contribution in [3.8, 4) is 0 Å². The Morgan fingerprint density at radius 3 is 2.26 bits per heavy atom. The summed E-state index contributed by atoms with van der Waals surface area (Å²) in [4.78, 5) is 11.8. The molecule has 0 aromatic heterocycles. The molecule has 6 heteroatoms. The predicted octanol–water partition coefficient (Wildman–Crippen LogP) is 3.10. The number of halogens is 1. The second kappa shape index (κ2) is 7.19. The molecular formula is C17H15FO4S. The van der Waals surface area contributed by atoms with Gasteiger partial charge in [0.2, 0.25) is 0 Å². The highest BCUT2D eigenvalue weighted by Gasteiger charge is 2.16. The van der Waals surface area contributed by atoms with Gasteiger partial charge in [-0.3, -0.25) is 0 Å². The van der Waals surface area contributed by atoms with Gasteiger partial charge < -0.3 is 4.74 Å². The Labute approximate surface area is 134 Å². The van der Waals surface area contributed by atoms with Crippen LogP contribution in [0.25, 0.3) is 6.08 Å². The third kappa shape index (κ3) is 4.50. The van der Waals surface area contributed by atoms with E-state index in [1.165, 1.54) is 12.1 Å². The molecule has 0 fully saturated rings. The van der Waals surface area contributed by atoms with Crippen LogP contribution in [0.4, 0.5) is 4.39 Å². The molecule has 0 atom stereocenters. The van der Waals surface area contributed by atoms with Gasteiger partial charge in [-0.1, -0.05) is 24.8 Å². The standard InChI is InChI=1S/C17H15FO4S/c1-2-13-3-5-14(6-4-13)17(19)22-11-12-23(20,21)16-9-7-15(18)8-10-16/h2-10H,1,11-12H2. The molecule has 0 aliphatic rings. The Morgan fingerprint density at radius 1 is 1.09 bits per heavy atom. The second-order valence-corrected chi connectivity index (χ2v) is 6.84. The molecule has 120 valence electrons. The SMILES string of the molecule is C=Cc1ccc(C(=O)OCCS(=O)(=O)c2ccc(F)cc2)cc1. The first-order valence-corrected chi connectivity index (χ1v) is 8.45. The highest BCUT2D eigenvalue weighted by Crippen LogP contribution is 2.12. The summed E-state index contributed by atoms with van der Waals surface area (Å²) in [6.07, 6.45) is 1.64. The van der Waals surface area contributed by atoms with E-state index in [0.29, 0.717) is 5.56 Å². The number of hydrogen-bond donors (Lipinski definition) is 0. The molecule has 0 aliphatic carbocycles. The average Bonchev–Trinajstić information content (AvgIpc) is 2.55. The fourth-order valence-corrected chi connectivity index (χ4v) is 2.93. The first-order valence-electron chi connectivity index (χ1n) is 6.80. The predicted molar refractivity (Wildman–Crippen MR) is 85.3 cm³/mol. The molecular weight excluding hydrogens is 319 g/mol. The summed E-state index contributed by atoms with van der Waals surface area (Å²) in [5.74, 6) is -1.48. The topological polar surface area (TPSA) is 60.4 Å². The fraction of sp³-hybridized carbons (Fsp3) is 0.118. The van der Waals surface area contributed by atoms with Crippen LogP contribution in [0.5, 0.6) is 0 Å². The Balaban J connectivity index is 1.94. The number of hydrogen-bond acceptors (Lipinski definition) is 4. The third-order valence-electron chi connectivity index (χ3n) is 3.14. The van der Waals surface area contributed by atoms with E-state index in [4.69, 9.17) is 4.74 Å². The lowest BCUT2D eigenvalue weighted by atomic mass is 10.1. The molecule has 2 aromatic carbocycles. The number of rotatable bonds is 6. The van der Waals surface area contributed by atoms with Gasteiger partial charge >= 0.3 is 5.97 Å². The largest absolute Gasteiger partial charge is 0.461 e. The van der Waals surface area contributed by atoms with Gasteiger partial charge in [-0.2, -0.15) is 0 Å². The summed E-state index contributed by atoms with van der Waals surface area (Å²) in [6, 6.07) is 11.1. The summed E-state index contributed by atoms with van der Waals surface area (Å²) in [7, 11) is -3.62. The van der Waals surface area contributed by atoms with Crippen molar-refractivity contribution in [1.82, 2.24) is 0 Å². The van der Waals surface area contributed by atoms with Crippen LogP contribution in [-0.2, 0) is 14.6 Å². The van der Waals surface area contributed by atoms with Crippen molar-refractivity contribution in [1.29, 1.82) is 0 Å². The van der Waals surface area contributed by atoms with Gasteiger partial charge in [0.15, 0.2) is 9.84 Å². The van der Waals surface area contributed by atoms with Crippen LogP contribution in [0.15, 0.2) is 60.0 Å². The summed E-state index contributed by atoms with van der Waals surface area (Å²) in [6.45, 7) is 3.33. The van der Waals surface area contributed by atoms with E-state index in [9.17, 15) is 17.6 Å². The van der Waals surface area contributed by atoms with E-state index in [1.807, 2.05) is 0 Å². The Kier molecular flexibility index (Phi) is 5.28. The van der Waals surface area contributed by atoms with Crippen LogP contribution in [0.3, 0.4) is 0 Å². The third-order valence-corrected chi connectivity index (χ3v) is 4.83. The Hall–Kier alpha value is -2.47. The molecule has 23 heavy (non-hydrogen) atoms. The van der Waals surface area contributed by atoms with Gasteiger partial charge in [0.25, 0.3) is 0 Å². The number of sulfone groups is 1. The zero-order chi connectivity index (χ0) is 16.9. The van der Waals surface area contributed by atoms with Crippen LogP contribution >= 0.6 is 0 Å². The number of esters is 1. The molecule has 0 unspecified atom stereocenters. The van der Waals surface area contributed by atoms with Crippen LogP contribution in [0.1, 0.15) is 15.9 Å². The molecule has 0 heterocycles. The van der Waals surface area contributed by atoms with Crippen molar-refractivity contribution in [3.63, 3.8) is 0 Å². The first-order chi connectivity index (χ1) is 10.9. The highest BCUT2D eigenvalue weighted by atomic mass is 32.2. The van der Waals surface area contributed by atoms with Crippen molar-refractivity contribution in [2.45, 2.75) is 4.90 Å². The monoisotopic (exact) mass is 334 g/mol. The minimum absolute atomic E-state index is 0.00900.